The van der Waals surface area contributed by atoms with Crippen molar-refractivity contribution in [2.75, 3.05) is 0 Å². The molecule has 0 aliphatic heterocycles. The van der Waals surface area contributed by atoms with Crippen molar-refractivity contribution < 1.29 is 41.5 Å². The SMILES string of the molecule is CCC(O)N(C(O)CC)C(O)CC.[Zr]. The fourth-order valence-corrected chi connectivity index (χ4v) is 1.23. The first-order valence-electron chi connectivity index (χ1n) is 4.90. The largest absolute Gasteiger partial charge is 0.378 e. The van der Waals surface area contributed by atoms with Gasteiger partial charge in [0.1, 0.15) is 18.7 Å². The van der Waals surface area contributed by atoms with Gasteiger partial charge in [0.25, 0.3) is 0 Å². The van der Waals surface area contributed by atoms with Crippen LogP contribution in [0.3, 0.4) is 0 Å². The molecule has 0 heterocycles. The van der Waals surface area contributed by atoms with E-state index >= 15 is 0 Å². The van der Waals surface area contributed by atoms with Crippen LogP contribution in [0.4, 0.5) is 0 Å². The molecule has 0 aromatic heterocycles. The second kappa shape index (κ2) is 8.99. The van der Waals surface area contributed by atoms with Gasteiger partial charge >= 0.3 is 0 Å². The maximum absolute atomic E-state index is 9.53. The van der Waals surface area contributed by atoms with Crippen LogP contribution in [0.1, 0.15) is 40.0 Å². The summed E-state index contributed by atoms with van der Waals surface area (Å²) in [7, 11) is 0. The molecule has 0 radical (unpaired) electrons. The Bertz CT molecular complexity index is 113. The van der Waals surface area contributed by atoms with Crippen LogP contribution in [0, 0.1) is 0 Å². The van der Waals surface area contributed by atoms with E-state index in [9.17, 15) is 15.3 Å². The van der Waals surface area contributed by atoms with Crippen LogP contribution in [0.25, 0.3) is 0 Å². The van der Waals surface area contributed by atoms with E-state index in [0.29, 0.717) is 19.3 Å². The van der Waals surface area contributed by atoms with Gasteiger partial charge in [-0.3, -0.25) is 0 Å². The minimum atomic E-state index is -0.773. The average molecular weight is 282 g/mol. The Morgan fingerprint density at radius 1 is 0.786 bits per heavy atom. The van der Waals surface area contributed by atoms with Gasteiger partial charge < -0.3 is 15.3 Å². The molecule has 0 fully saturated rings. The first kappa shape index (κ1) is 17.1. The Hall–Kier alpha value is 0.723. The van der Waals surface area contributed by atoms with Gasteiger partial charge in [0.2, 0.25) is 0 Å². The molecule has 0 saturated heterocycles. The van der Waals surface area contributed by atoms with Gasteiger partial charge in [-0.05, 0) is 19.3 Å². The van der Waals surface area contributed by atoms with Gasteiger partial charge in [-0.15, -0.1) is 0 Å². The molecular weight excluding hydrogens is 261 g/mol. The smallest absolute Gasteiger partial charge is 0.111 e. The van der Waals surface area contributed by atoms with Crippen LogP contribution in [-0.2, 0) is 26.2 Å². The molecule has 0 aromatic rings. The molecule has 5 heteroatoms. The second-order valence-electron chi connectivity index (χ2n) is 3.11. The van der Waals surface area contributed by atoms with Crippen molar-refractivity contribution in [1.29, 1.82) is 0 Å². The fraction of sp³-hybridized carbons (Fsp3) is 1.00. The zero-order valence-electron chi connectivity index (χ0n) is 9.14. The standard InChI is InChI=1S/C9H21NO3.Zr/c1-4-7(11)10(8(12)5-2)9(13)6-3;/h7-9,11-13H,4-6H2,1-3H3;. The number of aliphatic hydroxyl groups is 3. The van der Waals surface area contributed by atoms with Crippen LogP contribution in [0.15, 0.2) is 0 Å². The predicted octanol–water partition coefficient (Wildman–Crippen LogP) is 0.471. The van der Waals surface area contributed by atoms with Crippen LogP contribution < -0.4 is 0 Å². The third kappa shape index (κ3) is 4.99. The maximum Gasteiger partial charge on any atom is 0.111 e. The molecule has 84 valence electrons. The Morgan fingerprint density at radius 3 is 1.14 bits per heavy atom. The summed E-state index contributed by atoms with van der Waals surface area (Å²) in [5, 5.41) is 28.6. The van der Waals surface area contributed by atoms with Crippen LogP contribution in [0.2, 0.25) is 0 Å². The van der Waals surface area contributed by atoms with E-state index in [4.69, 9.17) is 0 Å². The minimum Gasteiger partial charge on any atom is -0.378 e. The third-order valence-corrected chi connectivity index (χ3v) is 2.13. The van der Waals surface area contributed by atoms with Crippen LogP contribution in [0.5, 0.6) is 0 Å². The van der Waals surface area contributed by atoms with E-state index in [0.717, 1.165) is 0 Å². The molecule has 0 aliphatic rings. The van der Waals surface area contributed by atoms with Crippen molar-refractivity contribution in [2.45, 2.75) is 58.7 Å². The minimum absolute atomic E-state index is 0. The summed E-state index contributed by atoms with van der Waals surface area (Å²) in [4.78, 5) is 1.33. The van der Waals surface area contributed by atoms with E-state index in [2.05, 4.69) is 0 Å². The Balaban J connectivity index is 0. The van der Waals surface area contributed by atoms with E-state index in [1.54, 1.807) is 0 Å². The molecule has 3 N–H and O–H groups in total. The van der Waals surface area contributed by atoms with Gasteiger partial charge in [-0.25, -0.2) is 4.90 Å². The Morgan fingerprint density at radius 2 is 1.00 bits per heavy atom. The zero-order chi connectivity index (χ0) is 10.4. The molecule has 14 heavy (non-hydrogen) atoms. The van der Waals surface area contributed by atoms with E-state index in [-0.39, 0.29) is 26.2 Å². The number of aliphatic hydroxyl groups excluding tert-OH is 3. The molecule has 0 aromatic carbocycles. The molecule has 0 rings (SSSR count). The summed E-state index contributed by atoms with van der Waals surface area (Å²) in [6.07, 6.45) is -0.837. The first-order chi connectivity index (χ1) is 6.08. The normalized spacial score (nSPS) is 17.4. The van der Waals surface area contributed by atoms with Gasteiger partial charge in [-0.1, -0.05) is 20.8 Å². The molecule has 0 spiro atoms. The van der Waals surface area contributed by atoms with Gasteiger partial charge in [-0.2, -0.15) is 0 Å². The fourth-order valence-electron chi connectivity index (χ4n) is 1.23. The number of rotatable bonds is 6. The van der Waals surface area contributed by atoms with E-state index in [1.807, 2.05) is 20.8 Å². The average Bonchev–Trinajstić information content (AvgIpc) is 2.16. The monoisotopic (exact) mass is 281 g/mol. The van der Waals surface area contributed by atoms with Crippen molar-refractivity contribution in [3.05, 3.63) is 0 Å². The van der Waals surface area contributed by atoms with E-state index in [1.165, 1.54) is 4.90 Å². The molecule has 0 saturated carbocycles. The molecule has 3 unspecified atom stereocenters. The molecule has 0 aliphatic carbocycles. The van der Waals surface area contributed by atoms with Crippen molar-refractivity contribution in [3.63, 3.8) is 0 Å². The zero-order valence-corrected chi connectivity index (χ0v) is 11.6. The number of hydrogen-bond donors (Lipinski definition) is 3. The number of nitrogens with zero attached hydrogens (tertiary/aromatic N) is 1. The summed E-state index contributed by atoms with van der Waals surface area (Å²) in [5.41, 5.74) is 0. The Labute approximate surface area is 105 Å². The summed E-state index contributed by atoms with van der Waals surface area (Å²) in [6, 6.07) is 0. The quantitative estimate of drug-likeness (QED) is 0.620. The molecule has 4 nitrogen and oxygen atoms in total. The van der Waals surface area contributed by atoms with Crippen molar-refractivity contribution in [3.8, 4) is 0 Å². The van der Waals surface area contributed by atoms with Crippen LogP contribution >= 0.6 is 0 Å². The summed E-state index contributed by atoms with van der Waals surface area (Å²) >= 11 is 0. The number of hydrogen-bond acceptors (Lipinski definition) is 4. The van der Waals surface area contributed by atoms with E-state index < -0.39 is 18.7 Å². The van der Waals surface area contributed by atoms with Gasteiger partial charge in [0.05, 0.1) is 0 Å². The topological polar surface area (TPSA) is 63.9 Å². The van der Waals surface area contributed by atoms with Gasteiger partial charge in [0, 0.05) is 26.2 Å². The predicted molar refractivity (Wildman–Crippen MR) is 50.7 cm³/mol. The molecule has 3 atom stereocenters. The first-order valence-corrected chi connectivity index (χ1v) is 4.90. The van der Waals surface area contributed by atoms with Crippen LogP contribution in [-0.4, -0.2) is 38.9 Å². The second-order valence-corrected chi connectivity index (χ2v) is 3.11. The van der Waals surface area contributed by atoms with Crippen molar-refractivity contribution in [1.82, 2.24) is 4.90 Å². The summed E-state index contributed by atoms with van der Waals surface area (Å²) in [6.45, 7) is 5.42. The maximum atomic E-state index is 9.53. The van der Waals surface area contributed by atoms with Gasteiger partial charge in [0.15, 0.2) is 0 Å². The molecule has 0 amide bonds. The molecular formula is C9H21NO3Zr. The van der Waals surface area contributed by atoms with Crippen molar-refractivity contribution >= 4 is 0 Å². The summed E-state index contributed by atoms with van der Waals surface area (Å²) in [5.74, 6) is 0. The third-order valence-electron chi connectivity index (χ3n) is 2.13. The summed E-state index contributed by atoms with van der Waals surface area (Å²) < 4.78 is 0. The Kier molecular flexibility index (Phi) is 11.0. The molecule has 0 bridgehead atoms. The van der Waals surface area contributed by atoms with Crippen molar-refractivity contribution in [2.24, 2.45) is 0 Å².